The largest absolute Gasteiger partial charge is 0.301 e. The van der Waals surface area contributed by atoms with Gasteiger partial charge in [-0.15, -0.1) is 0 Å². The molecule has 1 aromatic rings. The Morgan fingerprint density at radius 3 is 2.45 bits per heavy atom. The normalized spacial score (nSPS) is 24.3. The molecule has 5 nitrogen and oxygen atoms in total. The van der Waals surface area contributed by atoms with Crippen LogP contribution in [-0.4, -0.2) is 60.4 Å². The van der Waals surface area contributed by atoms with Gasteiger partial charge in [0.2, 0.25) is 5.91 Å². The molecule has 2 aliphatic rings. The summed E-state index contributed by atoms with van der Waals surface area (Å²) in [5.74, 6) is -1.17. The van der Waals surface area contributed by atoms with Gasteiger partial charge in [-0.2, -0.15) is 0 Å². The third-order valence-electron chi connectivity index (χ3n) is 4.51. The molecule has 2 saturated heterocycles. The van der Waals surface area contributed by atoms with Gasteiger partial charge in [-0.05, 0) is 18.7 Å². The van der Waals surface area contributed by atoms with Crippen molar-refractivity contribution in [3.8, 4) is 0 Å². The number of nitrogens with zero attached hydrogens (tertiary/aromatic N) is 3. The van der Waals surface area contributed by atoms with Crippen molar-refractivity contribution < 1.29 is 14.0 Å². The van der Waals surface area contributed by atoms with E-state index in [0.29, 0.717) is 0 Å². The maximum atomic E-state index is 13.9. The van der Waals surface area contributed by atoms with Gasteiger partial charge >= 0.3 is 0 Å². The molecule has 2 heterocycles. The number of halogens is 1. The van der Waals surface area contributed by atoms with E-state index in [0.717, 1.165) is 37.6 Å². The Labute approximate surface area is 129 Å². The Morgan fingerprint density at radius 2 is 1.82 bits per heavy atom. The van der Waals surface area contributed by atoms with Crippen LogP contribution in [0.1, 0.15) is 13.3 Å². The van der Waals surface area contributed by atoms with Gasteiger partial charge in [0, 0.05) is 26.2 Å². The average Bonchev–Trinajstić information content (AvgIpc) is 2.83. The topological polar surface area (TPSA) is 43.9 Å². The molecule has 0 aromatic heterocycles. The lowest BCUT2D eigenvalue weighted by atomic mass is 10.1. The van der Waals surface area contributed by atoms with Crippen molar-refractivity contribution in [2.24, 2.45) is 0 Å². The van der Waals surface area contributed by atoms with Crippen molar-refractivity contribution in [3.63, 3.8) is 0 Å². The van der Waals surface area contributed by atoms with Gasteiger partial charge in [0.05, 0.1) is 18.2 Å². The van der Waals surface area contributed by atoms with Crippen LogP contribution in [0.5, 0.6) is 0 Å². The molecule has 0 unspecified atom stereocenters. The number of rotatable bonds is 3. The minimum Gasteiger partial charge on any atom is -0.301 e. The molecule has 0 aliphatic carbocycles. The van der Waals surface area contributed by atoms with Crippen LogP contribution in [0.15, 0.2) is 24.3 Å². The lowest BCUT2D eigenvalue weighted by Crippen LogP contribution is -2.52. The quantitative estimate of drug-likeness (QED) is 0.784. The summed E-state index contributed by atoms with van der Waals surface area (Å²) in [6.07, 6.45) is 0.138. The Hall–Kier alpha value is -1.79. The number of hydrogen-bond acceptors (Lipinski definition) is 4. The van der Waals surface area contributed by atoms with E-state index < -0.39 is 11.9 Å². The highest BCUT2D eigenvalue weighted by Gasteiger charge is 2.43. The summed E-state index contributed by atoms with van der Waals surface area (Å²) in [5.41, 5.74) is 0.0622. The fraction of sp³-hybridized carbons (Fsp3) is 0.500. The highest BCUT2D eigenvalue weighted by Crippen LogP contribution is 2.28. The molecule has 22 heavy (non-hydrogen) atoms. The van der Waals surface area contributed by atoms with Crippen LogP contribution in [0.4, 0.5) is 10.1 Å². The van der Waals surface area contributed by atoms with E-state index in [1.54, 1.807) is 12.1 Å². The van der Waals surface area contributed by atoms with Crippen molar-refractivity contribution in [1.82, 2.24) is 9.80 Å². The SMILES string of the molecule is CCN1CCN([C@H]2CC(=O)N(c3ccccc3F)C2=O)CC1. The van der Waals surface area contributed by atoms with Crippen LogP contribution < -0.4 is 4.90 Å². The monoisotopic (exact) mass is 305 g/mol. The highest BCUT2D eigenvalue weighted by atomic mass is 19.1. The van der Waals surface area contributed by atoms with Gasteiger partial charge in [0.1, 0.15) is 5.82 Å². The molecule has 118 valence electrons. The molecule has 0 spiro atoms. The third-order valence-corrected chi connectivity index (χ3v) is 4.51. The van der Waals surface area contributed by atoms with Crippen LogP contribution >= 0.6 is 0 Å². The second-order valence-electron chi connectivity index (χ2n) is 5.71. The number of para-hydroxylation sites is 1. The van der Waals surface area contributed by atoms with Crippen LogP contribution in [0.25, 0.3) is 0 Å². The maximum Gasteiger partial charge on any atom is 0.251 e. The van der Waals surface area contributed by atoms with E-state index in [4.69, 9.17) is 0 Å². The second kappa shape index (κ2) is 6.14. The second-order valence-corrected chi connectivity index (χ2v) is 5.71. The van der Waals surface area contributed by atoms with E-state index in [1.165, 1.54) is 12.1 Å². The number of likely N-dealkylation sites (N-methyl/N-ethyl adjacent to an activating group) is 1. The molecule has 1 aromatic carbocycles. The summed E-state index contributed by atoms with van der Waals surface area (Å²) in [6, 6.07) is 5.47. The van der Waals surface area contributed by atoms with Crippen molar-refractivity contribution in [2.75, 3.05) is 37.6 Å². The summed E-state index contributed by atoms with van der Waals surface area (Å²) in [5, 5.41) is 0. The molecular formula is C16H20FN3O2. The van der Waals surface area contributed by atoms with Crippen molar-refractivity contribution >= 4 is 17.5 Å². The number of benzene rings is 1. The van der Waals surface area contributed by atoms with Crippen molar-refractivity contribution in [2.45, 2.75) is 19.4 Å². The smallest absolute Gasteiger partial charge is 0.251 e. The molecular weight excluding hydrogens is 285 g/mol. The zero-order valence-electron chi connectivity index (χ0n) is 12.7. The number of carbonyl (C=O) groups excluding carboxylic acids is 2. The average molecular weight is 305 g/mol. The molecule has 6 heteroatoms. The van der Waals surface area contributed by atoms with Gasteiger partial charge in [-0.1, -0.05) is 19.1 Å². The first-order valence-corrected chi connectivity index (χ1v) is 7.69. The molecule has 0 radical (unpaired) electrons. The van der Waals surface area contributed by atoms with Crippen molar-refractivity contribution in [1.29, 1.82) is 0 Å². The zero-order chi connectivity index (χ0) is 15.7. The molecule has 2 amide bonds. The van der Waals surface area contributed by atoms with Gasteiger partial charge in [0.15, 0.2) is 0 Å². The van der Waals surface area contributed by atoms with E-state index in [-0.39, 0.29) is 23.9 Å². The summed E-state index contributed by atoms with van der Waals surface area (Å²) in [7, 11) is 0. The first-order chi connectivity index (χ1) is 10.6. The van der Waals surface area contributed by atoms with Gasteiger partial charge in [-0.3, -0.25) is 14.5 Å². The lowest BCUT2D eigenvalue weighted by molar-refractivity contribution is -0.123. The molecule has 0 saturated carbocycles. The highest BCUT2D eigenvalue weighted by molar-refractivity contribution is 6.22. The van der Waals surface area contributed by atoms with Crippen LogP contribution in [0.3, 0.4) is 0 Å². The minimum atomic E-state index is -0.541. The summed E-state index contributed by atoms with van der Waals surface area (Å²) < 4.78 is 13.9. The minimum absolute atomic E-state index is 0.0622. The molecule has 0 bridgehead atoms. The van der Waals surface area contributed by atoms with E-state index >= 15 is 0 Å². The number of imide groups is 1. The van der Waals surface area contributed by atoms with Gasteiger partial charge in [0.25, 0.3) is 5.91 Å². The van der Waals surface area contributed by atoms with E-state index in [1.807, 2.05) is 4.90 Å². The number of anilines is 1. The first kappa shape index (κ1) is 15.1. The Morgan fingerprint density at radius 1 is 1.14 bits per heavy atom. The van der Waals surface area contributed by atoms with Crippen LogP contribution in [0, 0.1) is 5.82 Å². The molecule has 1 atom stereocenters. The predicted octanol–water partition coefficient (Wildman–Crippen LogP) is 1.10. The molecule has 0 N–H and O–H groups in total. The lowest BCUT2D eigenvalue weighted by Gasteiger charge is -2.36. The first-order valence-electron chi connectivity index (χ1n) is 7.69. The maximum absolute atomic E-state index is 13.9. The fourth-order valence-electron chi connectivity index (χ4n) is 3.18. The molecule has 3 rings (SSSR count). The van der Waals surface area contributed by atoms with Crippen LogP contribution in [0.2, 0.25) is 0 Å². The Kier molecular flexibility index (Phi) is 4.22. The number of hydrogen-bond donors (Lipinski definition) is 0. The van der Waals surface area contributed by atoms with Gasteiger partial charge in [-0.25, -0.2) is 9.29 Å². The third kappa shape index (κ3) is 2.64. The van der Waals surface area contributed by atoms with Crippen LogP contribution in [-0.2, 0) is 9.59 Å². The Balaban J connectivity index is 1.76. The Bertz CT molecular complexity index is 585. The van der Waals surface area contributed by atoms with Gasteiger partial charge < -0.3 is 4.90 Å². The fourth-order valence-corrected chi connectivity index (χ4v) is 3.18. The number of carbonyl (C=O) groups is 2. The van der Waals surface area contributed by atoms with E-state index in [9.17, 15) is 14.0 Å². The standard InChI is InChI=1S/C16H20FN3O2/c1-2-18-7-9-19(10-8-18)14-11-15(21)20(16(14)22)13-6-4-3-5-12(13)17/h3-6,14H,2,7-11H2,1H3/t14-/m0/s1. The molecule has 2 fully saturated rings. The summed E-state index contributed by atoms with van der Waals surface area (Å²) in [4.78, 5) is 30.2. The molecule has 2 aliphatic heterocycles. The van der Waals surface area contributed by atoms with Crippen molar-refractivity contribution in [3.05, 3.63) is 30.1 Å². The predicted molar refractivity (Wildman–Crippen MR) is 81.0 cm³/mol. The summed E-state index contributed by atoms with van der Waals surface area (Å²) in [6.45, 7) is 6.43. The number of piperazine rings is 1. The zero-order valence-corrected chi connectivity index (χ0v) is 12.7. The summed E-state index contributed by atoms with van der Waals surface area (Å²) >= 11 is 0. The number of amides is 2. The van der Waals surface area contributed by atoms with E-state index in [2.05, 4.69) is 11.8 Å².